The standard InChI is InChI=1S/C27H38ClN3O5S/c1-6-36-25-14-12-24(13-15-25)31(37(5,34)35)16-8-11-26(32)30(19-22-9-7-10-23(28)17-22)21(4)27(33)29-18-20(2)3/h7,9-10,12-15,17,20-21H,6,8,11,16,18-19H2,1-5H3,(H,29,33)/t21-/m0/s1. The number of rotatable bonds is 14. The van der Waals surface area contributed by atoms with Crippen molar-refractivity contribution in [1.82, 2.24) is 10.2 Å². The van der Waals surface area contributed by atoms with Crippen molar-refractivity contribution in [3.8, 4) is 5.75 Å². The summed E-state index contributed by atoms with van der Waals surface area (Å²) < 4.78 is 31.7. The number of nitrogens with zero attached hydrogens (tertiary/aromatic N) is 2. The molecule has 0 unspecified atom stereocenters. The van der Waals surface area contributed by atoms with Crippen LogP contribution in [0.4, 0.5) is 5.69 Å². The summed E-state index contributed by atoms with van der Waals surface area (Å²) in [6.45, 7) is 8.92. The van der Waals surface area contributed by atoms with Crippen LogP contribution >= 0.6 is 11.6 Å². The Labute approximate surface area is 226 Å². The number of nitrogens with one attached hydrogen (secondary N) is 1. The molecule has 10 heteroatoms. The summed E-state index contributed by atoms with van der Waals surface area (Å²) in [6, 6.07) is 13.2. The van der Waals surface area contributed by atoms with E-state index in [9.17, 15) is 18.0 Å². The maximum absolute atomic E-state index is 13.3. The van der Waals surface area contributed by atoms with E-state index in [1.807, 2.05) is 26.8 Å². The monoisotopic (exact) mass is 551 g/mol. The summed E-state index contributed by atoms with van der Waals surface area (Å²) in [5, 5.41) is 3.43. The minimum absolute atomic E-state index is 0.0748. The number of benzene rings is 2. The first kappa shape index (κ1) is 30.4. The molecule has 2 rings (SSSR count). The summed E-state index contributed by atoms with van der Waals surface area (Å²) in [5.74, 6) is 0.442. The smallest absolute Gasteiger partial charge is 0.242 e. The van der Waals surface area contributed by atoms with E-state index in [1.165, 1.54) is 9.21 Å². The van der Waals surface area contributed by atoms with Crippen molar-refractivity contribution in [2.24, 2.45) is 5.92 Å². The van der Waals surface area contributed by atoms with Gasteiger partial charge in [0.25, 0.3) is 0 Å². The van der Waals surface area contributed by atoms with Gasteiger partial charge in [-0.25, -0.2) is 8.42 Å². The van der Waals surface area contributed by atoms with Crippen molar-refractivity contribution < 1.29 is 22.7 Å². The summed E-state index contributed by atoms with van der Waals surface area (Å²) in [5.41, 5.74) is 1.30. The molecule has 0 bridgehead atoms. The molecule has 0 saturated heterocycles. The number of carbonyl (C=O) groups is 2. The second-order valence-electron chi connectivity index (χ2n) is 9.33. The molecule has 0 aromatic heterocycles. The molecule has 8 nitrogen and oxygen atoms in total. The number of halogens is 1. The van der Waals surface area contributed by atoms with E-state index in [-0.39, 0.29) is 43.7 Å². The van der Waals surface area contributed by atoms with Crippen LogP contribution in [-0.2, 0) is 26.2 Å². The van der Waals surface area contributed by atoms with Gasteiger partial charge in [0.2, 0.25) is 21.8 Å². The van der Waals surface area contributed by atoms with Gasteiger partial charge in [0, 0.05) is 31.1 Å². The Morgan fingerprint density at radius 2 is 1.76 bits per heavy atom. The summed E-state index contributed by atoms with van der Waals surface area (Å²) >= 11 is 6.13. The molecule has 0 aliphatic heterocycles. The number of hydrogen-bond acceptors (Lipinski definition) is 5. The molecule has 204 valence electrons. The fourth-order valence-electron chi connectivity index (χ4n) is 3.75. The lowest BCUT2D eigenvalue weighted by Crippen LogP contribution is -2.48. The van der Waals surface area contributed by atoms with E-state index in [2.05, 4.69) is 5.32 Å². The average Bonchev–Trinajstić information content (AvgIpc) is 2.83. The van der Waals surface area contributed by atoms with Crippen molar-refractivity contribution in [2.75, 3.05) is 30.3 Å². The predicted molar refractivity (Wildman–Crippen MR) is 148 cm³/mol. The highest BCUT2D eigenvalue weighted by Gasteiger charge is 2.26. The number of carbonyl (C=O) groups excluding carboxylic acids is 2. The first-order valence-electron chi connectivity index (χ1n) is 12.4. The van der Waals surface area contributed by atoms with Gasteiger partial charge in [0.05, 0.1) is 18.6 Å². The van der Waals surface area contributed by atoms with Gasteiger partial charge in [-0.1, -0.05) is 37.6 Å². The van der Waals surface area contributed by atoms with Gasteiger partial charge in [-0.05, 0) is 68.1 Å². The third-order valence-corrected chi connectivity index (χ3v) is 7.11. The summed E-state index contributed by atoms with van der Waals surface area (Å²) in [7, 11) is -3.57. The molecule has 0 saturated carbocycles. The van der Waals surface area contributed by atoms with E-state index in [4.69, 9.17) is 16.3 Å². The second-order valence-corrected chi connectivity index (χ2v) is 11.7. The normalized spacial score (nSPS) is 12.2. The van der Waals surface area contributed by atoms with Crippen LogP contribution in [-0.4, -0.2) is 57.1 Å². The van der Waals surface area contributed by atoms with E-state index >= 15 is 0 Å². The fraction of sp³-hybridized carbons (Fsp3) is 0.481. The Morgan fingerprint density at radius 3 is 2.32 bits per heavy atom. The molecule has 1 atom stereocenters. The zero-order valence-corrected chi connectivity index (χ0v) is 23.8. The lowest BCUT2D eigenvalue weighted by Gasteiger charge is -2.29. The van der Waals surface area contributed by atoms with Gasteiger partial charge in [-0.3, -0.25) is 13.9 Å². The lowest BCUT2D eigenvalue weighted by atomic mass is 10.1. The van der Waals surface area contributed by atoms with Gasteiger partial charge in [0.15, 0.2) is 0 Å². The van der Waals surface area contributed by atoms with Crippen molar-refractivity contribution in [3.63, 3.8) is 0 Å². The second kappa shape index (κ2) is 14.2. The Morgan fingerprint density at radius 1 is 1.08 bits per heavy atom. The summed E-state index contributed by atoms with van der Waals surface area (Å²) in [4.78, 5) is 27.6. The highest BCUT2D eigenvalue weighted by atomic mass is 35.5. The Bertz CT molecular complexity index is 1140. The van der Waals surface area contributed by atoms with Crippen molar-refractivity contribution in [1.29, 1.82) is 0 Å². The first-order valence-corrected chi connectivity index (χ1v) is 14.7. The minimum atomic E-state index is -3.57. The number of hydrogen-bond donors (Lipinski definition) is 1. The highest BCUT2D eigenvalue weighted by Crippen LogP contribution is 2.23. The molecule has 2 aromatic rings. The molecular weight excluding hydrogens is 514 g/mol. The van der Waals surface area contributed by atoms with Crippen LogP contribution in [0.2, 0.25) is 5.02 Å². The van der Waals surface area contributed by atoms with Crippen LogP contribution in [0.1, 0.15) is 46.1 Å². The molecular formula is C27H38ClN3O5S. The Balaban J connectivity index is 2.15. The largest absolute Gasteiger partial charge is 0.494 e. The molecule has 1 N–H and O–H groups in total. The molecule has 0 radical (unpaired) electrons. The number of ether oxygens (including phenoxy) is 1. The molecule has 0 aliphatic rings. The first-order chi connectivity index (χ1) is 17.4. The van der Waals surface area contributed by atoms with E-state index in [0.717, 1.165) is 11.8 Å². The van der Waals surface area contributed by atoms with Crippen molar-refractivity contribution >= 4 is 39.1 Å². The number of anilines is 1. The topological polar surface area (TPSA) is 96.0 Å². The fourth-order valence-corrected chi connectivity index (χ4v) is 4.92. The van der Waals surface area contributed by atoms with Gasteiger partial charge in [-0.2, -0.15) is 0 Å². The number of sulfonamides is 1. The molecule has 0 heterocycles. The zero-order chi connectivity index (χ0) is 27.6. The van der Waals surface area contributed by atoms with Gasteiger partial charge in [0.1, 0.15) is 11.8 Å². The van der Waals surface area contributed by atoms with Gasteiger partial charge >= 0.3 is 0 Å². The maximum atomic E-state index is 13.3. The summed E-state index contributed by atoms with van der Waals surface area (Å²) in [6.07, 6.45) is 1.49. The van der Waals surface area contributed by atoms with Crippen LogP contribution < -0.4 is 14.4 Å². The molecule has 37 heavy (non-hydrogen) atoms. The molecule has 2 aromatic carbocycles. The molecule has 0 fully saturated rings. The van der Waals surface area contributed by atoms with E-state index in [1.54, 1.807) is 49.4 Å². The van der Waals surface area contributed by atoms with Crippen LogP contribution in [0, 0.1) is 5.92 Å². The van der Waals surface area contributed by atoms with E-state index < -0.39 is 16.1 Å². The van der Waals surface area contributed by atoms with Crippen molar-refractivity contribution in [2.45, 2.75) is 53.1 Å². The third kappa shape index (κ3) is 9.89. The van der Waals surface area contributed by atoms with Crippen LogP contribution in [0.5, 0.6) is 5.75 Å². The third-order valence-electron chi connectivity index (χ3n) is 5.68. The molecule has 2 amide bonds. The quantitative estimate of drug-likeness (QED) is 0.373. The molecule has 0 spiro atoms. The van der Waals surface area contributed by atoms with E-state index in [0.29, 0.717) is 29.6 Å². The Hall–Kier alpha value is -2.78. The maximum Gasteiger partial charge on any atom is 0.242 e. The van der Waals surface area contributed by atoms with Crippen LogP contribution in [0.25, 0.3) is 0 Å². The highest BCUT2D eigenvalue weighted by molar-refractivity contribution is 7.92. The number of amides is 2. The van der Waals surface area contributed by atoms with Crippen molar-refractivity contribution in [3.05, 3.63) is 59.1 Å². The average molecular weight is 552 g/mol. The predicted octanol–water partition coefficient (Wildman–Crippen LogP) is 4.47. The van der Waals surface area contributed by atoms with Gasteiger partial charge < -0.3 is 15.0 Å². The van der Waals surface area contributed by atoms with Crippen LogP contribution in [0.3, 0.4) is 0 Å². The van der Waals surface area contributed by atoms with Crippen LogP contribution in [0.15, 0.2) is 48.5 Å². The Kier molecular flexibility index (Phi) is 11.7. The SMILES string of the molecule is CCOc1ccc(N(CCCC(=O)N(Cc2cccc(Cl)c2)[C@@H](C)C(=O)NCC(C)C)S(C)(=O)=O)cc1. The molecule has 0 aliphatic carbocycles. The van der Waals surface area contributed by atoms with Gasteiger partial charge in [-0.15, -0.1) is 0 Å². The zero-order valence-electron chi connectivity index (χ0n) is 22.2. The lowest BCUT2D eigenvalue weighted by molar-refractivity contribution is -0.140. The minimum Gasteiger partial charge on any atom is -0.494 e.